The average Bonchev–Trinajstić information content (AvgIpc) is 2.50. The highest BCUT2D eigenvalue weighted by molar-refractivity contribution is 5.88. The van der Waals surface area contributed by atoms with Gasteiger partial charge < -0.3 is 4.74 Å². The molecule has 0 saturated heterocycles. The number of ether oxygens (including phenoxy) is 1. The first kappa shape index (κ1) is 12.4. The fraction of sp³-hybridized carbons (Fsp3) is 0.0556. The molecular formula is C18H14O2. The van der Waals surface area contributed by atoms with Crippen molar-refractivity contribution in [1.82, 2.24) is 0 Å². The molecule has 2 heteroatoms. The third-order valence-electron chi connectivity index (χ3n) is 3.32. The van der Waals surface area contributed by atoms with Gasteiger partial charge in [-0.1, -0.05) is 48.5 Å². The summed E-state index contributed by atoms with van der Waals surface area (Å²) in [5.74, 6) is 1.51. The van der Waals surface area contributed by atoms with Crippen LogP contribution in [0.2, 0.25) is 0 Å². The number of benzene rings is 3. The van der Waals surface area contributed by atoms with E-state index in [-0.39, 0.29) is 0 Å². The standard InChI is InChI=1S/C18H14O2/c1-13-9-10-14(12-19)11-18(13)20-17-8-4-6-15-5-2-3-7-16(15)17/h2-12H,1H3. The van der Waals surface area contributed by atoms with Crippen LogP contribution < -0.4 is 4.74 Å². The molecule has 0 saturated carbocycles. The van der Waals surface area contributed by atoms with Crippen LogP contribution in [0.1, 0.15) is 15.9 Å². The van der Waals surface area contributed by atoms with E-state index in [1.54, 1.807) is 12.1 Å². The van der Waals surface area contributed by atoms with Crippen LogP contribution in [0.3, 0.4) is 0 Å². The number of carbonyl (C=O) groups excluding carboxylic acids is 1. The molecule has 0 amide bonds. The number of aldehydes is 1. The van der Waals surface area contributed by atoms with Gasteiger partial charge in [-0.15, -0.1) is 0 Å². The van der Waals surface area contributed by atoms with Crippen molar-refractivity contribution >= 4 is 17.1 Å². The highest BCUT2D eigenvalue weighted by Gasteiger charge is 2.06. The van der Waals surface area contributed by atoms with E-state index in [2.05, 4.69) is 12.1 Å². The van der Waals surface area contributed by atoms with Crippen LogP contribution in [0, 0.1) is 6.92 Å². The van der Waals surface area contributed by atoms with Crippen LogP contribution in [0.25, 0.3) is 10.8 Å². The highest BCUT2D eigenvalue weighted by Crippen LogP contribution is 2.31. The summed E-state index contributed by atoms with van der Waals surface area (Å²) in [6.45, 7) is 1.97. The van der Waals surface area contributed by atoms with Gasteiger partial charge in [-0.3, -0.25) is 4.79 Å². The van der Waals surface area contributed by atoms with Gasteiger partial charge in [-0.25, -0.2) is 0 Å². The minimum absolute atomic E-state index is 0.617. The van der Waals surface area contributed by atoms with Crippen molar-refractivity contribution < 1.29 is 9.53 Å². The van der Waals surface area contributed by atoms with Gasteiger partial charge in [0.05, 0.1) is 0 Å². The van der Waals surface area contributed by atoms with E-state index >= 15 is 0 Å². The third-order valence-corrected chi connectivity index (χ3v) is 3.32. The zero-order valence-electron chi connectivity index (χ0n) is 11.2. The van der Waals surface area contributed by atoms with E-state index in [9.17, 15) is 4.79 Å². The number of fused-ring (bicyclic) bond motifs is 1. The number of aryl methyl sites for hydroxylation is 1. The van der Waals surface area contributed by atoms with Gasteiger partial charge in [-0.2, -0.15) is 0 Å². The zero-order chi connectivity index (χ0) is 13.9. The maximum absolute atomic E-state index is 10.9. The van der Waals surface area contributed by atoms with E-state index in [1.165, 1.54) is 0 Å². The van der Waals surface area contributed by atoms with Gasteiger partial charge >= 0.3 is 0 Å². The minimum atomic E-state index is 0.617. The molecule has 98 valence electrons. The Hall–Kier alpha value is -2.61. The molecule has 0 aliphatic carbocycles. The summed E-state index contributed by atoms with van der Waals surface area (Å²) in [7, 11) is 0. The Morgan fingerprint density at radius 1 is 0.900 bits per heavy atom. The second-order valence-corrected chi connectivity index (χ2v) is 4.72. The molecule has 3 aromatic carbocycles. The Balaban J connectivity index is 2.07. The third kappa shape index (κ3) is 2.28. The lowest BCUT2D eigenvalue weighted by molar-refractivity contribution is 0.112. The summed E-state index contributed by atoms with van der Waals surface area (Å²) >= 11 is 0. The maximum Gasteiger partial charge on any atom is 0.150 e. The van der Waals surface area contributed by atoms with Crippen LogP contribution in [-0.2, 0) is 0 Å². The quantitative estimate of drug-likeness (QED) is 0.636. The lowest BCUT2D eigenvalue weighted by atomic mass is 10.1. The van der Waals surface area contributed by atoms with Crippen LogP contribution in [0.5, 0.6) is 11.5 Å². The van der Waals surface area contributed by atoms with Crippen LogP contribution in [0.4, 0.5) is 0 Å². The summed E-state index contributed by atoms with van der Waals surface area (Å²) in [5.41, 5.74) is 1.62. The summed E-state index contributed by atoms with van der Waals surface area (Å²) in [5, 5.41) is 2.19. The fourth-order valence-electron chi connectivity index (χ4n) is 2.20. The van der Waals surface area contributed by atoms with Gasteiger partial charge in [-0.05, 0) is 30.0 Å². The molecule has 0 spiro atoms. The molecule has 0 radical (unpaired) electrons. The first-order valence-electron chi connectivity index (χ1n) is 6.49. The normalized spacial score (nSPS) is 10.4. The average molecular weight is 262 g/mol. The molecule has 0 bridgehead atoms. The topological polar surface area (TPSA) is 26.3 Å². The molecule has 0 aliphatic heterocycles. The molecule has 3 aromatic rings. The molecular weight excluding hydrogens is 248 g/mol. The molecule has 3 rings (SSSR count). The van der Waals surface area contributed by atoms with E-state index in [0.717, 1.165) is 28.4 Å². The summed E-state index contributed by atoms with van der Waals surface area (Å²) in [6, 6.07) is 19.5. The largest absolute Gasteiger partial charge is 0.456 e. The first-order chi connectivity index (χ1) is 9.78. The number of rotatable bonds is 3. The predicted octanol–water partition coefficient (Wildman–Crippen LogP) is 4.75. The molecule has 20 heavy (non-hydrogen) atoms. The molecule has 0 N–H and O–H groups in total. The number of hydrogen-bond donors (Lipinski definition) is 0. The Kier molecular flexibility index (Phi) is 3.21. The van der Waals surface area contributed by atoms with E-state index in [0.29, 0.717) is 11.3 Å². The van der Waals surface area contributed by atoms with Crippen molar-refractivity contribution in [2.24, 2.45) is 0 Å². The Morgan fingerprint density at radius 3 is 2.55 bits per heavy atom. The molecule has 2 nitrogen and oxygen atoms in total. The van der Waals surface area contributed by atoms with E-state index in [1.807, 2.05) is 43.3 Å². The lowest BCUT2D eigenvalue weighted by Crippen LogP contribution is -1.90. The van der Waals surface area contributed by atoms with Crippen LogP contribution in [0.15, 0.2) is 60.7 Å². The number of carbonyl (C=O) groups is 1. The Labute approximate surface area is 117 Å². The molecule has 0 unspecified atom stereocenters. The molecule has 0 heterocycles. The summed E-state index contributed by atoms with van der Waals surface area (Å²) in [6.07, 6.45) is 0.829. The monoisotopic (exact) mass is 262 g/mol. The fourth-order valence-corrected chi connectivity index (χ4v) is 2.20. The van der Waals surface area contributed by atoms with Gasteiger partial charge in [0.25, 0.3) is 0 Å². The second-order valence-electron chi connectivity index (χ2n) is 4.72. The van der Waals surface area contributed by atoms with Gasteiger partial charge in [0.15, 0.2) is 0 Å². The van der Waals surface area contributed by atoms with Gasteiger partial charge in [0, 0.05) is 10.9 Å². The molecule has 0 fully saturated rings. The Bertz CT molecular complexity index is 770. The van der Waals surface area contributed by atoms with Crippen molar-refractivity contribution in [3.05, 3.63) is 71.8 Å². The molecule has 0 aromatic heterocycles. The molecule has 0 aliphatic rings. The second kappa shape index (κ2) is 5.17. The highest BCUT2D eigenvalue weighted by atomic mass is 16.5. The van der Waals surface area contributed by atoms with Crippen molar-refractivity contribution in [3.63, 3.8) is 0 Å². The minimum Gasteiger partial charge on any atom is -0.456 e. The van der Waals surface area contributed by atoms with Crippen molar-refractivity contribution in [1.29, 1.82) is 0 Å². The SMILES string of the molecule is Cc1ccc(C=O)cc1Oc1cccc2ccccc12. The Morgan fingerprint density at radius 2 is 1.70 bits per heavy atom. The zero-order valence-corrected chi connectivity index (χ0v) is 11.2. The van der Waals surface area contributed by atoms with Crippen molar-refractivity contribution in [2.45, 2.75) is 6.92 Å². The first-order valence-corrected chi connectivity index (χ1v) is 6.49. The van der Waals surface area contributed by atoms with Crippen LogP contribution in [-0.4, -0.2) is 6.29 Å². The van der Waals surface area contributed by atoms with Gasteiger partial charge in [0.1, 0.15) is 17.8 Å². The smallest absolute Gasteiger partial charge is 0.150 e. The van der Waals surface area contributed by atoms with E-state index in [4.69, 9.17) is 4.74 Å². The maximum atomic E-state index is 10.9. The summed E-state index contributed by atoms with van der Waals surface area (Å²) in [4.78, 5) is 10.9. The van der Waals surface area contributed by atoms with Gasteiger partial charge in [0.2, 0.25) is 0 Å². The summed E-state index contributed by atoms with van der Waals surface area (Å²) < 4.78 is 6.01. The van der Waals surface area contributed by atoms with E-state index < -0.39 is 0 Å². The predicted molar refractivity (Wildman–Crippen MR) is 80.6 cm³/mol. The van der Waals surface area contributed by atoms with Crippen molar-refractivity contribution in [2.75, 3.05) is 0 Å². The number of hydrogen-bond acceptors (Lipinski definition) is 2. The van der Waals surface area contributed by atoms with Crippen molar-refractivity contribution in [3.8, 4) is 11.5 Å². The van der Waals surface area contributed by atoms with Crippen LogP contribution >= 0.6 is 0 Å². The molecule has 0 atom stereocenters. The lowest BCUT2D eigenvalue weighted by Gasteiger charge is -2.11.